The molecule has 0 spiro atoms. The number of rotatable bonds is 5. The summed E-state index contributed by atoms with van der Waals surface area (Å²) in [5.74, 6) is -1.15. The van der Waals surface area contributed by atoms with Crippen LogP contribution in [0.15, 0.2) is 69.6 Å². The number of nitro benzene ring substituents is 1. The van der Waals surface area contributed by atoms with Crippen molar-refractivity contribution in [3.63, 3.8) is 0 Å². The van der Waals surface area contributed by atoms with Gasteiger partial charge in [-0.2, -0.15) is 0 Å². The number of nitrogens with zero attached hydrogens (tertiary/aromatic N) is 3. The normalized spacial score (nSPS) is 15.3. The smallest absolute Gasteiger partial charge is 0.338 e. The summed E-state index contributed by atoms with van der Waals surface area (Å²) in [4.78, 5) is 53.5. The van der Waals surface area contributed by atoms with Crippen LogP contribution in [0.2, 0.25) is 0 Å². The van der Waals surface area contributed by atoms with Gasteiger partial charge in [-0.25, -0.2) is 14.6 Å². The van der Waals surface area contributed by atoms with Crippen molar-refractivity contribution < 1.29 is 24.0 Å². The van der Waals surface area contributed by atoms with Crippen LogP contribution in [0.5, 0.6) is 0 Å². The van der Waals surface area contributed by atoms with Gasteiger partial charge in [0.15, 0.2) is 4.80 Å². The number of methoxy groups -OCH3 is 2. The van der Waals surface area contributed by atoms with Crippen molar-refractivity contribution in [2.75, 3.05) is 14.2 Å². The van der Waals surface area contributed by atoms with E-state index in [0.717, 1.165) is 11.3 Å². The third kappa shape index (κ3) is 4.41. The first-order valence-corrected chi connectivity index (χ1v) is 11.1. The van der Waals surface area contributed by atoms with E-state index < -0.39 is 28.5 Å². The molecular formula is C24H19N3O7S. The highest BCUT2D eigenvalue weighted by atomic mass is 32.1. The van der Waals surface area contributed by atoms with Crippen molar-refractivity contribution in [3.05, 3.63) is 106 Å². The van der Waals surface area contributed by atoms with Crippen LogP contribution in [0.3, 0.4) is 0 Å². The summed E-state index contributed by atoms with van der Waals surface area (Å²) in [7, 11) is 2.52. The summed E-state index contributed by atoms with van der Waals surface area (Å²) in [6.45, 7) is 1.65. The summed E-state index contributed by atoms with van der Waals surface area (Å²) in [5.41, 5.74) is 1.42. The van der Waals surface area contributed by atoms with Gasteiger partial charge in [0.05, 0.1) is 46.6 Å². The Morgan fingerprint density at radius 3 is 2.43 bits per heavy atom. The van der Waals surface area contributed by atoms with Gasteiger partial charge in [-0.05, 0) is 36.3 Å². The average Bonchev–Trinajstić information content (AvgIpc) is 3.16. The molecule has 0 N–H and O–H groups in total. The maximum Gasteiger partial charge on any atom is 0.338 e. The van der Waals surface area contributed by atoms with Crippen molar-refractivity contribution in [1.82, 2.24) is 4.57 Å². The fraction of sp³-hybridized carbons (Fsp3) is 0.167. The number of ether oxygens (including phenoxy) is 2. The van der Waals surface area contributed by atoms with Crippen LogP contribution in [-0.2, 0) is 14.3 Å². The minimum atomic E-state index is -0.849. The molecule has 0 aliphatic carbocycles. The Hall–Kier alpha value is -4.38. The van der Waals surface area contributed by atoms with Gasteiger partial charge in [0.1, 0.15) is 0 Å². The molecule has 1 aliphatic rings. The number of aromatic nitrogens is 1. The molecule has 178 valence electrons. The largest absolute Gasteiger partial charge is 0.466 e. The molecule has 0 radical (unpaired) electrons. The highest BCUT2D eigenvalue weighted by Crippen LogP contribution is 2.30. The zero-order chi connectivity index (χ0) is 25.3. The van der Waals surface area contributed by atoms with Crippen molar-refractivity contribution in [1.29, 1.82) is 0 Å². The number of esters is 2. The van der Waals surface area contributed by atoms with Gasteiger partial charge in [0.25, 0.3) is 11.2 Å². The van der Waals surface area contributed by atoms with Crippen LogP contribution in [0.25, 0.3) is 6.08 Å². The topological polar surface area (TPSA) is 130 Å². The van der Waals surface area contributed by atoms with E-state index in [9.17, 15) is 24.5 Å². The first-order valence-electron chi connectivity index (χ1n) is 10.3. The molecule has 0 fully saturated rings. The number of hydrogen-bond donors (Lipinski definition) is 0. The van der Waals surface area contributed by atoms with Gasteiger partial charge >= 0.3 is 11.9 Å². The van der Waals surface area contributed by atoms with Crippen molar-refractivity contribution in [2.24, 2.45) is 4.99 Å². The molecule has 2 aromatic carbocycles. The summed E-state index contributed by atoms with van der Waals surface area (Å²) < 4.78 is 11.4. The second-order valence-corrected chi connectivity index (χ2v) is 8.55. The Labute approximate surface area is 202 Å². The zero-order valence-corrected chi connectivity index (χ0v) is 19.7. The van der Waals surface area contributed by atoms with E-state index in [1.54, 1.807) is 43.3 Å². The molecule has 2 heterocycles. The molecule has 0 saturated carbocycles. The number of benzene rings is 2. The molecule has 11 heteroatoms. The number of non-ortho nitro benzene ring substituents is 1. The van der Waals surface area contributed by atoms with Crippen LogP contribution in [0, 0.1) is 10.1 Å². The minimum Gasteiger partial charge on any atom is -0.466 e. The van der Waals surface area contributed by atoms with Gasteiger partial charge in [0.2, 0.25) is 0 Å². The monoisotopic (exact) mass is 493 g/mol. The highest BCUT2D eigenvalue weighted by Gasteiger charge is 2.33. The summed E-state index contributed by atoms with van der Waals surface area (Å²) in [6, 6.07) is 11.4. The number of carbonyl (C=O) groups is 2. The summed E-state index contributed by atoms with van der Waals surface area (Å²) in [6.07, 6.45) is 1.55. The standard InChI is InChI=1S/C24H19N3O7S/c1-13-19(23(30)34-3)20(15-7-9-16(10-8-15)22(29)33-2)26-21(28)18(35-24(26)25-13)12-14-5-4-6-17(11-14)27(31)32/h4-12,20H,1-3H3/b18-12+/t20-/m1/s1. The van der Waals surface area contributed by atoms with Gasteiger partial charge < -0.3 is 9.47 Å². The Morgan fingerprint density at radius 1 is 1.11 bits per heavy atom. The SMILES string of the molecule is COC(=O)C1=C(C)N=c2s/c(=C/c3cccc([N+](=O)[O-])c3)c(=O)n2[C@@H]1c1ccc(C(=O)OC)cc1. The summed E-state index contributed by atoms with van der Waals surface area (Å²) in [5, 5.41) is 11.1. The number of fused-ring (bicyclic) bond motifs is 1. The first kappa shape index (κ1) is 23.8. The van der Waals surface area contributed by atoms with Crippen molar-refractivity contribution in [2.45, 2.75) is 13.0 Å². The molecule has 0 amide bonds. The number of carbonyl (C=O) groups excluding carboxylic acids is 2. The van der Waals surface area contributed by atoms with Crippen LogP contribution in [0.1, 0.15) is 34.5 Å². The molecule has 35 heavy (non-hydrogen) atoms. The molecule has 0 bridgehead atoms. The predicted molar refractivity (Wildman–Crippen MR) is 127 cm³/mol. The molecule has 4 rings (SSSR count). The first-order chi connectivity index (χ1) is 16.7. The van der Waals surface area contributed by atoms with Gasteiger partial charge in [0, 0.05) is 12.1 Å². The van der Waals surface area contributed by atoms with Gasteiger partial charge in [-0.3, -0.25) is 19.5 Å². The van der Waals surface area contributed by atoms with E-state index in [2.05, 4.69) is 4.99 Å². The number of hydrogen-bond acceptors (Lipinski definition) is 9. The van der Waals surface area contributed by atoms with E-state index in [-0.39, 0.29) is 11.3 Å². The fourth-order valence-corrected chi connectivity index (χ4v) is 4.85. The number of allylic oxidation sites excluding steroid dienone is 1. The van der Waals surface area contributed by atoms with E-state index in [1.807, 2.05) is 0 Å². The Balaban J connectivity index is 1.92. The lowest BCUT2D eigenvalue weighted by Gasteiger charge is -2.24. The number of thiazole rings is 1. The molecule has 1 aromatic heterocycles. The maximum atomic E-state index is 13.5. The van der Waals surface area contributed by atoms with Crippen LogP contribution in [0.4, 0.5) is 5.69 Å². The third-order valence-corrected chi connectivity index (χ3v) is 6.44. The second kappa shape index (κ2) is 9.47. The number of nitro groups is 1. The zero-order valence-electron chi connectivity index (χ0n) is 18.9. The van der Waals surface area contributed by atoms with E-state index in [4.69, 9.17) is 9.47 Å². The maximum absolute atomic E-state index is 13.5. The highest BCUT2D eigenvalue weighted by molar-refractivity contribution is 7.07. The van der Waals surface area contributed by atoms with Crippen molar-refractivity contribution in [3.8, 4) is 0 Å². The Bertz CT molecular complexity index is 1570. The molecule has 0 saturated heterocycles. The van der Waals surface area contributed by atoms with E-state index >= 15 is 0 Å². The molecule has 3 aromatic rings. The Morgan fingerprint density at radius 2 is 1.80 bits per heavy atom. The minimum absolute atomic E-state index is 0.0982. The molecule has 10 nitrogen and oxygen atoms in total. The quantitative estimate of drug-likeness (QED) is 0.302. The van der Waals surface area contributed by atoms with Crippen LogP contribution >= 0.6 is 11.3 Å². The molecular weight excluding hydrogens is 474 g/mol. The molecule has 1 aliphatic heterocycles. The Kier molecular flexibility index (Phi) is 6.43. The van der Waals surface area contributed by atoms with Crippen LogP contribution in [-0.4, -0.2) is 35.6 Å². The average molecular weight is 493 g/mol. The molecule has 0 unspecified atom stereocenters. The predicted octanol–water partition coefficient (Wildman–Crippen LogP) is 2.10. The lowest BCUT2D eigenvalue weighted by Crippen LogP contribution is -2.39. The van der Waals surface area contributed by atoms with E-state index in [0.29, 0.717) is 31.7 Å². The van der Waals surface area contributed by atoms with E-state index in [1.165, 1.54) is 37.0 Å². The second-order valence-electron chi connectivity index (χ2n) is 7.54. The summed E-state index contributed by atoms with van der Waals surface area (Å²) >= 11 is 1.10. The lowest BCUT2D eigenvalue weighted by atomic mass is 9.95. The lowest BCUT2D eigenvalue weighted by molar-refractivity contribution is -0.384. The van der Waals surface area contributed by atoms with Gasteiger partial charge in [-0.15, -0.1) is 0 Å². The van der Waals surface area contributed by atoms with Crippen molar-refractivity contribution >= 4 is 35.0 Å². The van der Waals surface area contributed by atoms with Crippen LogP contribution < -0.4 is 14.9 Å². The molecule has 1 atom stereocenters. The fourth-order valence-electron chi connectivity index (χ4n) is 3.81. The third-order valence-electron chi connectivity index (χ3n) is 5.45. The van der Waals surface area contributed by atoms with Gasteiger partial charge in [-0.1, -0.05) is 35.6 Å².